The third kappa shape index (κ3) is 3.25. The molecule has 20 heavy (non-hydrogen) atoms. The van der Waals surface area contributed by atoms with Crippen LogP contribution >= 0.6 is 0 Å². The fraction of sp³-hybridized carbons (Fsp3) is 0.643. The number of nitrogens with zero attached hydrogens (tertiary/aromatic N) is 3. The van der Waals surface area contributed by atoms with Gasteiger partial charge in [0.15, 0.2) is 0 Å². The molecule has 1 atom stereocenters. The van der Waals surface area contributed by atoms with Crippen molar-refractivity contribution in [2.24, 2.45) is 0 Å². The highest BCUT2D eigenvalue weighted by Gasteiger charge is 2.23. The Morgan fingerprint density at radius 2 is 2.40 bits per heavy atom. The molecule has 1 aromatic heterocycles. The van der Waals surface area contributed by atoms with E-state index in [1.165, 1.54) is 6.20 Å². The summed E-state index contributed by atoms with van der Waals surface area (Å²) < 4.78 is 0. The number of rotatable bonds is 5. The number of hydrogen-bond donors (Lipinski definition) is 1. The van der Waals surface area contributed by atoms with E-state index in [1.807, 2.05) is 6.92 Å². The normalized spacial score (nSPS) is 18.8. The predicted octanol–water partition coefficient (Wildman–Crippen LogP) is 2.27. The number of piperidine rings is 1. The Bertz CT molecular complexity index is 472. The number of nitro groups is 1. The van der Waals surface area contributed by atoms with Gasteiger partial charge in [0.25, 0.3) is 5.69 Å². The van der Waals surface area contributed by atoms with Gasteiger partial charge in [-0.3, -0.25) is 10.1 Å². The average Bonchev–Trinajstić information content (AvgIpc) is 2.46. The van der Waals surface area contributed by atoms with Gasteiger partial charge in [0.05, 0.1) is 4.92 Å². The van der Waals surface area contributed by atoms with Crippen LogP contribution < -0.4 is 10.2 Å². The minimum absolute atomic E-state index is 0.0597. The first-order valence-electron chi connectivity index (χ1n) is 7.22. The van der Waals surface area contributed by atoms with E-state index in [-0.39, 0.29) is 5.69 Å². The van der Waals surface area contributed by atoms with Gasteiger partial charge >= 0.3 is 0 Å². The van der Waals surface area contributed by atoms with Gasteiger partial charge < -0.3 is 10.2 Å². The summed E-state index contributed by atoms with van der Waals surface area (Å²) in [6.07, 6.45) is 4.71. The van der Waals surface area contributed by atoms with E-state index in [0.29, 0.717) is 6.04 Å². The maximum absolute atomic E-state index is 10.8. The average molecular weight is 278 g/mol. The van der Waals surface area contributed by atoms with E-state index in [9.17, 15) is 10.1 Å². The molecule has 1 unspecified atom stereocenters. The highest BCUT2D eigenvalue weighted by Crippen LogP contribution is 2.25. The standard InChI is InChI=1S/C14H22N4O2/c1-3-7-17(12-5-4-6-15-9-12)14-11(2)8-13(10-16-14)18(19)20/h8,10,12,15H,3-7,9H2,1-2H3. The van der Waals surface area contributed by atoms with Crippen molar-refractivity contribution in [1.82, 2.24) is 10.3 Å². The molecule has 0 bridgehead atoms. The summed E-state index contributed by atoms with van der Waals surface area (Å²) >= 11 is 0. The van der Waals surface area contributed by atoms with Crippen molar-refractivity contribution in [2.75, 3.05) is 24.5 Å². The largest absolute Gasteiger partial charge is 0.352 e. The van der Waals surface area contributed by atoms with Crippen molar-refractivity contribution in [1.29, 1.82) is 0 Å². The quantitative estimate of drug-likeness (QED) is 0.661. The first kappa shape index (κ1) is 14.7. The summed E-state index contributed by atoms with van der Waals surface area (Å²) in [5.74, 6) is 0.881. The molecule has 0 aliphatic carbocycles. The molecule has 2 heterocycles. The zero-order valence-corrected chi connectivity index (χ0v) is 12.1. The van der Waals surface area contributed by atoms with Crippen molar-refractivity contribution in [3.63, 3.8) is 0 Å². The Morgan fingerprint density at radius 3 is 2.95 bits per heavy atom. The fourth-order valence-corrected chi connectivity index (χ4v) is 2.76. The van der Waals surface area contributed by atoms with Crippen LogP contribution in [0.15, 0.2) is 12.3 Å². The van der Waals surface area contributed by atoms with Crippen LogP contribution in [0.5, 0.6) is 0 Å². The van der Waals surface area contributed by atoms with Crippen molar-refractivity contribution < 1.29 is 4.92 Å². The lowest BCUT2D eigenvalue weighted by molar-refractivity contribution is -0.385. The van der Waals surface area contributed by atoms with Gasteiger partial charge in [-0.05, 0) is 38.3 Å². The summed E-state index contributed by atoms with van der Waals surface area (Å²) in [6.45, 7) is 7.00. The maximum Gasteiger partial charge on any atom is 0.287 e. The number of aromatic nitrogens is 1. The van der Waals surface area contributed by atoms with Gasteiger partial charge in [-0.1, -0.05) is 6.92 Å². The highest BCUT2D eigenvalue weighted by molar-refractivity contribution is 5.51. The molecule has 6 heteroatoms. The van der Waals surface area contributed by atoms with Gasteiger partial charge in [-0.2, -0.15) is 0 Å². The van der Waals surface area contributed by atoms with E-state index in [4.69, 9.17) is 0 Å². The Hall–Kier alpha value is -1.69. The molecule has 1 saturated heterocycles. The minimum Gasteiger partial charge on any atom is -0.352 e. The first-order chi connectivity index (χ1) is 9.63. The molecule has 0 spiro atoms. The molecule has 2 rings (SSSR count). The Kier molecular flexibility index (Phi) is 4.89. The summed E-state index contributed by atoms with van der Waals surface area (Å²) in [5.41, 5.74) is 0.933. The van der Waals surface area contributed by atoms with Gasteiger partial charge in [0.2, 0.25) is 0 Å². The van der Waals surface area contributed by atoms with Crippen LogP contribution in [0.4, 0.5) is 11.5 Å². The predicted molar refractivity (Wildman–Crippen MR) is 79.2 cm³/mol. The van der Waals surface area contributed by atoms with Crippen LogP contribution in [0.2, 0.25) is 0 Å². The second-order valence-corrected chi connectivity index (χ2v) is 5.28. The third-order valence-corrected chi connectivity index (χ3v) is 3.70. The lowest BCUT2D eigenvalue weighted by atomic mass is 10.0. The first-order valence-corrected chi connectivity index (χ1v) is 7.22. The summed E-state index contributed by atoms with van der Waals surface area (Å²) in [6, 6.07) is 2.04. The van der Waals surface area contributed by atoms with Gasteiger partial charge in [-0.15, -0.1) is 0 Å². The van der Waals surface area contributed by atoms with Crippen LogP contribution in [0, 0.1) is 17.0 Å². The molecule has 0 saturated carbocycles. The van der Waals surface area contributed by atoms with E-state index in [0.717, 1.165) is 50.3 Å². The molecule has 110 valence electrons. The van der Waals surface area contributed by atoms with Crippen LogP contribution in [0.3, 0.4) is 0 Å². The van der Waals surface area contributed by atoms with E-state index >= 15 is 0 Å². The number of aryl methyl sites for hydroxylation is 1. The van der Waals surface area contributed by atoms with Crippen molar-refractivity contribution in [2.45, 2.75) is 39.2 Å². The van der Waals surface area contributed by atoms with E-state index in [2.05, 4.69) is 22.1 Å². The van der Waals surface area contributed by atoms with Gasteiger partial charge in [-0.25, -0.2) is 4.98 Å². The van der Waals surface area contributed by atoms with Crippen LogP contribution in [0.25, 0.3) is 0 Å². The summed E-state index contributed by atoms with van der Waals surface area (Å²) in [5, 5.41) is 14.2. The number of anilines is 1. The second kappa shape index (κ2) is 6.65. The van der Waals surface area contributed by atoms with E-state index < -0.39 is 4.92 Å². The SMILES string of the molecule is CCCN(c1ncc([N+](=O)[O-])cc1C)C1CCCNC1. The Morgan fingerprint density at radius 1 is 1.60 bits per heavy atom. The molecule has 1 aliphatic heterocycles. The van der Waals surface area contributed by atoms with Crippen LogP contribution in [-0.4, -0.2) is 35.6 Å². The molecule has 1 N–H and O–H groups in total. The van der Waals surface area contributed by atoms with Crippen molar-refractivity contribution in [3.8, 4) is 0 Å². The zero-order chi connectivity index (χ0) is 14.5. The molecule has 0 radical (unpaired) electrons. The van der Waals surface area contributed by atoms with E-state index in [1.54, 1.807) is 6.07 Å². The molecular formula is C14H22N4O2. The lowest BCUT2D eigenvalue weighted by Gasteiger charge is -2.36. The monoisotopic (exact) mass is 278 g/mol. The second-order valence-electron chi connectivity index (χ2n) is 5.28. The highest BCUT2D eigenvalue weighted by atomic mass is 16.6. The summed E-state index contributed by atoms with van der Waals surface area (Å²) in [7, 11) is 0. The molecule has 0 aromatic carbocycles. The van der Waals surface area contributed by atoms with Gasteiger partial charge in [0.1, 0.15) is 12.0 Å². The van der Waals surface area contributed by atoms with Crippen molar-refractivity contribution in [3.05, 3.63) is 27.9 Å². The zero-order valence-electron chi connectivity index (χ0n) is 12.1. The molecule has 1 fully saturated rings. The molecule has 6 nitrogen and oxygen atoms in total. The molecule has 1 aromatic rings. The molecular weight excluding hydrogens is 256 g/mol. The smallest absolute Gasteiger partial charge is 0.287 e. The maximum atomic E-state index is 10.8. The fourth-order valence-electron chi connectivity index (χ4n) is 2.76. The van der Waals surface area contributed by atoms with Gasteiger partial charge in [0, 0.05) is 25.2 Å². The minimum atomic E-state index is -0.393. The Labute approximate surface area is 119 Å². The van der Waals surface area contributed by atoms with Crippen LogP contribution in [-0.2, 0) is 0 Å². The van der Waals surface area contributed by atoms with Crippen LogP contribution in [0.1, 0.15) is 31.7 Å². The third-order valence-electron chi connectivity index (χ3n) is 3.70. The molecule has 1 aliphatic rings. The summed E-state index contributed by atoms with van der Waals surface area (Å²) in [4.78, 5) is 17.1. The topological polar surface area (TPSA) is 71.3 Å². The molecule has 0 amide bonds. The van der Waals surface area contributed by atoms with Crippen molar-refractivity contribution >= 4 is 11.5 Å². The number of hydrogen-bond acceptors (Lipinski definition) is 5. The number of pyridine rings is 1. The Balaban J connectivity index is 2.26. The lowest BCUT2D eigenvalue weighted by Crippen LogP contribution is -2.47. The number of nitrogens with one attached hydrogen (secondary N) is 1.